The molecule has 2 aromatic carbocycles. The van der Waals surface area contributed by atoms with Gasteiger partial charge in [0.15, 0.2) is 0 Å². The fraction of sp³-hybridized carbons (Fsp3) is 0.200. The smallest absolute Gasteiger partial charge is 0.137 e. The van der Waals surface area contributed by atoms with Crippen LogP contribution in [0.5, 0.6) is 5.75 Å². The number of methoxy groups -OCH3 is 1. The van der Waals surface area contributed by atoms with Crippen LogP contribution >= 0.6 is 34.8 Å². The molecular formula is C15H14Cl3NO. The Hall–Kier alpha value is -0.930. The van der Waals surface area contributed by atoms with E-state index in [1.807, 2.05) is 37.4 Å². The number of halogens is 3. The minimum atomic E-state index is -0.0640. The molecule has 0 heterocycles. The van der Waals surface area contributed by atoms with Gasteiger partial charge < -0.3 is 10.1 Å². The molecule has 1 atom stereocenters. The third-order valence-electron chi connectivity index (χ3n) is 3.07. The van der Waals surface area contributed by atoms with E-state index in [1.54, 1.807) is 13.2 Å². The summed E-state index contributed by atoms with van der Waals surface area (Å²) < 4.78 is 5.25. The zero-order valence-corrected chi connectivity index (χ0v) is 13.4. The van der Waals surface area contributed by atoms with Crippen molar-refractivity contribution in [1.82, 2.24) is 5.32 Å². The van der Waals surface area contributed by atoms with Crippen LogP contribution in [0.4, 0.5) is 0 Å². The molecule has 106 valence electrons. The van der Waals surface area contributed by atoms with Gasteiger partial charge in [0.25, 0.3) is 0 Å². The molecule has 5 heteroatoms. The van der Waals surface area contributed by atoms with Gasteiger partial charge in [-0.2, -0.15) is 0 Å². The lowest BCUT2D eigenvalue weighted by atomic mass is 9.98. The van der Waals surface area contributed by atoms with E-state index in [0.717, 1.165) is 11.1 Å². The maximum Gasteiger partial charge on any atom is 0.137 e. The zero-order valence-electron chi connectivity index (χ0n) is 11.1. The number of benzene rings is 2. The molecule has 1 N–H and O–H groups in total. The van der Waals surface area contributed by atoms with Crippen molar-refractivity contribution in [3.05, 3.63) is 62.6 Å². The van der Waals surface area contributed by atoms with E-state index in [1.165, 1.54) is 0 Å². The quantitative estimate of drug-likeness (QED) is 0.855. The SMILES string of the molecule is CNC(c1ccc(Cl)c(OC)c1)c1ccc(Cl)cc1Cl. The summed E-state index contributed by atoms with van der Waals surface area (Å²) in [7, 11) is 3.46. The van der Waals surface area contributed by atoms with Crippen LogP contribution in [0.25, 0.3) is 0 Å². The Morgan fingerprint density at radius 2 is 1.75 bits per heavy atom. The molecule has 0 aliphatic carbocycles. The molecule has 0 aliphatic heterocycles. The molecule has 0 fully saturated rings. The van der Waals surface area contributed by atoms with E-state index in [2.05, 4.69) is 5.32 Å². The molecule has 2 aromatic rings. The highest BCUT2D eigenvalue weighted by atomic mass is 35.5. The maximum absolute atomic E-state index is 6.28. The van der Waals surface area contributed by atoms with Crippen LogP contribution in [0.1, 0.15) is 17.2 Å². The van der Waals surface area contributed by atoms with Gasteiger partial charge in [-0.3, -0.25) is 0 Å². The Balaban J connectivity index is 2.46. The molecule has 2 nitrogen and oxygen atoms in total. The van der Waals surface area contributed by atoms with Crippen molar-refractivity contribution < 1.29 is 4.74 Å². The van der Waals surface area contributed by atoms with E-state index in [-0.39, 0.29) is 6.04 Å². The molecule has 0 radical (unpaired) electrons. The lowest BCUT2D eigenvalue weighted by Gasteiger charge is -2.19. The molecule has 2 rings (SSSR count). The van der Waals surface area contributed by atoms with Crippen molar-refractivity contribution in [2.45, 2.75) is 6.04 Å². The van der Waals surface area contributed by atoms with Gasteiger partial charge in [0.05, 0.1) is 18.2 Å². The fourth-order valence-electron chi connectivity index (χ4n) is 2.09. The minimum absolute atomic E-state index is 0.0640. The predicted molar refractivity (Wildman–Crippen MR) is 85.4 cm³/mol. The molecule has 0 aromatic heterocycles. The first-order valence-electron chi connectivity index (χ1n) is 6.02. The largest absolute Gasteiger partial charge is 0.495 e. The Morgan fingerprint density at radius 3 is 2.35 bits per heavy atom. The third kappa shape index (κ3) is 3.21. The summed E-state index contributed by atoms with van der Waals surface area (Å²) >= 11 is 18.3. The highest BCUT2D eigenvalue weighted by molar-refractivity contribution is 6.35. The summed E-state index contributed by atoms with van der Waals surface area (Å²) in [4.78, 5) is 0. The van der Waals surface area contributed by atoms with Gasteiger partial charge in [0.2, 0.25) is 0 Å². The van der Waals surface area contributed by atoms with Gasteiger partial charge >= 0.3 is 0 Å². The third-order valence-corrected chi connectivity index (χ3v) is 3.95. The topological polar surface area (TPSA) is 21.3 Å². The average Bonchev–Trinajstić information content (AvgIpc) is 2.43. The first-order chi connectivity index (χ1) is 9.56. The number of hydrogen-bond acceptors (Lipinski definition) is 2. The van der Waals surface area contributed by atoms with Crippen molar-refractivity contribution in [2.24, 2.45) is 0 Å². The molecule has 20 heavy (non-hydrogen) atoms. The zero-order chi connectivity index (χ0) is 14.7. The van der Waals surface area contributed by atoms with Gasteiger partial charge in [-0.1, -0.05) is 46.9 Å². The normalized spacial score (nSPS) is 12.2. The lowest BCUT2D eigenvalue weighted by Crippen LogP contribution is -2.18. The molecule has 0 amide bonds. The molecule has 0 saturated carbocycles. The standard InChI is InChI=1S/C15H14Cl3NO/c1-19-15(11-5-4-10(16)8-13(11)18)9-3-6-12(17)14(7-9)20-2/h3-8,15,19H,1-2H3. The van der Waals surface area contributed by atoms with Crippen molar-refractivity contribution in [1.29, 1.82) is 0 Å². The van der Waals surface area contributed by atoms with Gasteiger partial charge in [0, 0.05) is 10.0 Å². The fourth-order valence-corrected chi connectivity index (χ4v) is 2.81. The second-order valence-corrected chi connectivity index (χ2v) is 5.53. The molecule has 0 spiro atoms. The van der Waals surface area contributed by atoms with E-state index in [0.29, 0.717) is 20.8 Å². The Morgan fingerprint density at radius 1 is 1.00 bits per heavy atom. The van der Waals surface area contributed by atoms with E-state index < -0.39 is 0 Å². The van der Waals surface area contributed by atoms with Gasteiger partial charge in [-0.15, -0.1) is 0 Å². The summed E-state index contributed by atoms with van der Waals surface area (Å²) in [5.74, 6) is 0.634. The molecule has 1 unspecified atom stereocenters. The van der Waals surface area contributed by atoms with Crippen molar-refractivity contribution in [3.63, 3.8) is 0 Å². The van der Waals surface area contributed by atoms with Crippen LogP contribution in [0.2, 0.25) is 15.1 Å². The van der Waals surface area contributed by atoms with Crippen LogP contribution < -0.4 is 10.1 Å². The Labute approximate surface area is 133 Å². The molecule has 0 saturated heterocycles. The average molecular weight is 331 g/mol. The summed E-state index contributed by atoms with van der Waals surface area (Å²) in [6.45, 7) is 0. The molecular weight excluding hydrogens is 317 g/mol. The highest BCUT2D eigenvalue weighted by Crippen LogP contribution is 2.33. The van der Waals surface area contributed by atoms with Crippen LogP contribution in [0, 0.1) is 0 Å². The first-order valence-corrected chi connectivity index (χ1v) is 7.16. The monoisotopic (exact) mass is 329 g/mol. The number of ether oxygens (including phenoxy) is 1. The van der Waals surface area contributed by atoms with Gasteiger partial charge in [0.1, 0.15) is 5.75 Å². The Bertz CT molecular complexity index is 616. The molecule has 0 aliphatic rings. The van der Waals surface area contributed by atoms with Crippen LogP contribution in [0.15, 0.2) is 36.4 Å². The van der Waals surface area contributed by atoms with Crippen molar-refractivity contribution in [3.8, 4) is 5.75 Å². The summed E-state index contributed by atoms with van der Waals surface area (Å²) in [5, 5.41) is 5.05. The second-order valence-electron chi connectivity index (χ2n) is 4.28. The predicted octanol–water partition coefficient (Wildman–Crippen LogP) is 4.96. The minimum Gasteiger partial charge on any atom is -0.495 e. The first kappa shape index (κ1) is 15.5. The van der Waals surface area contributed by atoms with E-state index >= 15 is 0 Å². The number of hydrogen-bond donors (Lipinski definition) is 1. The highest BCUT2D eigenvalue weighted by Gasteiger charge is 2.17. The maximum atomic E-state index is 6.28. The number of rotatable bonds is 4. The summed E-state index contributed by atoms with van der Waals surface area (Å²) in [6.07, 6.45) is 0. The van der Waals surface area contributed by atoms with Gasteiger partial charge in [-0.25, -0.2) is 0 Å². The Kier molecular flexibility index (Phi) is 5.17. The van der Waals surface area contributed by atoms with Crippen LogP contribution in [0.3, 0.4) is 0 Å². The van der Waals surface area contributed by atoms with Gasteiger partial charge in [-0.05, 0) is 42.4 Å². The van der Waals surface area contributed by atoms with Crippen molar-refractivity contribution >= 4 is 34.8 Å². The molecule has 0 bridgehead atoms. The second kappa shape index (κ2) is 6.68. The summed E-state index contributed by atoms with van der Waals surface area (Å²) in [6, 6.07) is 11.0. The lowest BCUT2D eigenvalue weighted by molar-refractivity contribution is 0.414. The van der Waals surface area contributed by atoms with E-state index in [9.17, 15) is 0 Å². The van der Waals surface area contributed by atoms with E-state index in [4.69, 9.17) is 39.5 Å². The number of nitrogens with one attached hydrogen (secondary N) is 1. The van der Waals surface area contributed by atoms with Crippen LogP contribution in [-0.4, -0.2) is 14.2 Å². The van der Waals surface area contributed by atoms with Crippen molar-refractivity contribution in [2.75, 3.05) is 14.2 Å². The van der Waals surface area contributed by atoms with Crippen LogP contribution in [-0.2, 0) is 0 Å². The summed E-state index contributed by atoms with van der Waals surface area (Å²) in [5.41, 5.74) is 1.96.